The van der Waals surface area contributed by atoms with Crippen LogP contribution in [0.2, 0.25) is 0 Å². The van der Waals surface area contributed by atoms with Gasteiger partial charge < -0.3 is 0 Å². The van der Waals surface area contributed by atoms with E-state index in [9.17, 15) is 49.0 Å². The number of halogens is 2. The van der Waals surface area contributed by atoms with E-state index in [2.05, 4.69) is 0 Å². The molecule has 280 valence electrons. The molecule has 0 spiro atoms. The van der Waals surface area contributed by atoms with Crippen molar-refractivity contribution in [1.29, 1.82) is 0 Å². The molecule has 17 heteroatoms. The maximum absolute atomic E-state index is 14.0. The average molecular weight is 774 g/mol. The average Bonchev–Trinajstić information content (AvgIpc) is 3.07. The van der Waals surface area contributed by atoms with Crippen LogP contribution in [-0.2, 0) is 38.0 Å². The van der Waals surface area contributed by atoms with Gasteiger partial charge in [0.15, 0.2) is 0 Å². The summed E-state index contributed by atoms with van der Waals surface area (Å²) in [6.45, 7) is -1.75. The van der Waals surface area contributed by atoms with E-state index in [1.165, 1.54) is 0 Å². The first-order valence-electron chi connectivity index (χ1n) is 17.3. The number of alkyl halides is 2. The van der Waals surface area contributed by atoms with Crippen LogP contribution >= 0.6 is 0 Å². The van der Waals surface area contributed by atoms with E-state index >= 15 is 0 Å². The van der Waals surface area contributed by atoms with Crippen molar-refractivity contribution in [2.75, 3.05) is 26.4 Å². The second-order valence-corrected chi connectivity index (χ2v) is 16.8. The summed E-state index contributed by atoms with van der Waals surface area (Å²) in [5, 5.41) is 62.1. The first-order valence-corrected chi connectivity index (χ1v) is 19.3. The summed E-state index contributed by atoms with van der Waals surface area (Å²) in [4.78, 5) is 25.4. The zero-order valence-electron chi connectivity index (χ0n) is 27.0. The minimum absolute atomic E-state index is 0.161. The molecule has 0 aromatic rings. The molecule has 6 fully saturated rings. The molecule has 6 aliphatic rings. The van der Waals surface area contributed by atoms with Crippen LogP contribution in [0.1, 0.15) is 51.4 Å². The molecule has 4 aliphatic heterocycles. The number of aliphatic hydroxyl groups is 6. The number of fused-ring (bicyclic) bond motifs is 2. The molecular weight excluding hydrogens is 725 g/mol. The van der Waals surface area contributed by atoms with Gasteiger partial charge in [-0.1, -0.05) is 0 Å². The molecule has 0 aromatic carbocycles. The van der Waals surface area contributed by atoms with Crippen LogP contribution in [0, 0.1) is 23.7 Å². The van der Waals surface area contributed by atoms with Crippen LogP contribution in [-0.4, -0.2) is 167 Å². The molecule has 6 N–H and O–H groups in total. The third-order valence-corrected chi connectivity index (χ3v) is 13.7. The topological polar surface area (TPSA) is 211 Å². The number of carbonyl (C=O) groups excluding carboxylic acids is 2. The van der Waals surface area contributed by atoms with Gasteiger partial charge in [0.1, 0.15) is 0 Å². The third kappa shape index (κ3) is 8.28. The second-order valence-electron chi connectivity index (χ2n) is 14.3. The predicted octanol–water partition coefficient (Wildman–Crippen LogP) is -1.52. The van der Waals surface area contributed by atoms with Crippen LogP contribution in [0.3, 0.4) is 0 Å². The molecule has 8 unspecified atom stereocenters. The van der Waals surface area contributed by atoms with Gasteiger partial charge in [-0.05, 0) is 0 Å². The van der Waals surface area contributed by atoms with Crippen LogP contribution in [0.15, 0.2) is 0 Å². The molecule has 0 aromatic heterocycles. The Morgan fingerprint density at radius 3 is 1.43 bits per heavy atom. The van der Waals surface area contributed by atoms with E-state index in [0.29, 0.717) is 38.5 Å². The molecule has 0 radical (unpaired) electrons. The summed E-state index contributed by atoms with van der Waals surface area (Å²) in [6, 6.07) is 0. The van der Waals surface area contributed by atoms with E-state index in [0.717, 1.165) is 0 Å². The molecule has 2 saturated carbocycles. The Hall–Kier alpha value is -1.08. The van der Waals surface area contributed by atoms with E-state index in [1.54, 1.807) is 0 Å². The Balaban J connectivity index is 1.08. The molecule has 6 rings (SSSR count). The van der Waals surface area contributed by atoms with E-state index in [1.807, 2.05) is 0 Å². The Labute approximate surface area is 288 Å². The predicted molar refractivity (Wildman–Crippen MR) is 161 cm³/mol. The van der Waals surface area contributed by atoms with Crippen molar-refractivity contribution >= 4 is 26.9 Å². The van der Waals surface area contributed by atoms with Crippen molar-refractivity contribution < 1.29 is 77.4 Å². The van der Waals surface area contributed by atoms with Crippen molar-refractivity contribution in [2.45, 2.75) is 135 Å². The Morgan fingerprint density at radius 2 is 1.04 bits per heavy atom. The summed E-state index contributed by atoms with van der Waals surface area (Å²) in [7, 11) is 0. The van der Waals surface area contributed by atoms with E-state index in [4.69, 9.17) is 28.4 Å². The summed E-state index contributed by atoms with van der Waals surface area (Å²) >= 11 is -1.01. The summed E-state index contributed by atoms with van der Waals surface area (Å²) in [5.41, 5.74) is 0. The Bertz CT molecular complexity index is 1060. The number of esters is 2. The normalized spacial score (nSPS) is 49.0. The third-order valence-electron chi connectivity index (χ3n) is 11.0. The first-order chi connectivity index (χ1) is 23.5. The van der Waals surface area contributed by atoms with Crippen molar-refractivity contribution in [2.24, 2.45) is 23.7 Å². The molecule has 4 saturated heterocycles. The molecule has 0 amide bonds. The maximum atomic E-state index is 14.0. The second kappa shape index (κ2) is 16.3. The number of hydrogen-bond acceptors (Lipinski definition) is 14. The van der Waals surface area contributed by atoms with Crippen molar-refractivity contribution in [3.8, 4) is 0 Å². The van der Waals surface area contributed by atoms with E-state index in [-0.39, 0.29) is 50.1 Å². The fourth-order valence-corrected chi connectivity index (χ4v) is 10.9. The summed E-state index contributed by atoms with van der Waals surface area (Å²) < 4.78 is 62.6. The number of ether oxygens (including phenoxy) is 6. The van der Waals surface area contributed by atoms with Gasteiger partial charge in [-0.15, -0.1) is 0 Å². The Morgan fingerprint density at radius 1 is 0.633 bits per heavy atom. The molecule has 0 bridgehead atoms. The van der Waals surface area contributed by atoms with Gasteiger partial charge in [-0.25, -0.2) is 0 Å². The van der Waals surface area contributed by atoms with E-state index < -0.39 is 123 Å². The van der Waals surface area contributed by atoms with Crippen LogP contribution in [0.5, 0.6) is 0 Å². The molecule has 2 aliphatic carbocycles. The van der Waals surface area contributed by atoms with Gasteiger partial charge >= 0.3 is 289 Å². The van der Waals surface area contributed by atoms with Crippen LogP contribution in [0.25, 0.3) is 0 Å². The summed E-state index contributed by atoms with van der Waals surface area (Å²) in [6.07, 6.45) is -10.9. The Kier molecular flexibility index (Phi) is 12.5. The van der Waals surface area contributed by atoms with Gasteiger partial charge in [0.2, 0.25) is 0 Å². The zero-order chi connectivity index (χ0) is 35.0. The zero-order valence-corrected chi connectivity index (χ0v) is 28.7. The van der Waals surface area contributed by atoms with Crippen molar-refractivity contribution in [3.05, 3.63) is 0 Å². The monoisotopic (exact) mass is 774 g/mol. The molecule has 4 heterocycles. The molecule has 18 atom stereocenters. The number of carbonyl (C=O) groups is 2. The van der Waals surface area contributed by atoms with Gasteiger partial charge in [-0.2, -0.15) is 0 Å². The SMILES string of the molecule is O=C1OC2CCC(F)CC2CC1CO[C@H]1[C@@H](O)[C@@H](CO)O[C@@H]([Se][C@@H]2O[C@H](CO)[C@H](O)[C@H](OCC3CC4CC(F)CCC4OC3=O)[C@H]2O)[C@@H]1O. The van der Waals surface area contributed by atoms with Crippen molar-refractivity contribution in [1.82, 2.24) is 0 Å². The fourth-order valence-electron chi connectivity index (χ4n) is 8.16. The molecular formula is C32H48F2O14Se. The molecule has 49 heavy (non-hydrogen) atoms. The van der Waals surface area contributed by atoms with Gasteiger partial charge in [0.25, 0.3) is 0 Å². The van der Waals surface area contributed by atoms with Crippen LogP contribution in [0.4, 0.5) is 8.78 Å². The standard InChI is InChI=1S/C32H48F2O14Se/c33-17-1-3-19-13(7-17)5-15(29(41)45-19)11-43-27-23(37)21(9-35)47-31(25(27)39)49-32-26(40)28(24(38)22(10-36)48-32)44-12-16-6-14-8-18(34)2-4-20(14)46-30(16)42/h13-28,31-32,35-40H,1-12H2/t13?,14?,15?,16?,17?,18?,19?,20?,21-,22-,23+,24+,25-,26-,27+,28+,31+,32+/m1/s1. The molecule has 14 nitrogen and oxygen atoms in total. The van der Waals surface area contributed by atoms with Gasteiger partial charge in [-0.3, -0.25) is 0 Å². The van der Waals surface area contributed by atoms with Gasteiger partial charge in [0, 0.05) is 0 Å². The minimum atomic E-state index is -1.51. The number of hydrogen-bond donors (Lipinski definition) is 6. The number of aliphatic hydroxyl groups excluding tert-OH is 6. The van der Waals surface area contributed by atoms with Crippen LogP contribution < -0.4 is 0 Å². The van der Waals surface area contributed by atoms with Gasteiger partial charge in [0.05, 0.1) is 0 Å². The first kappa shape index (κ1) is 37.7. The quantitative estimate of drug-likeness (QED) is 0.110. The fraction of sp³-hybridized carbons (Fsp3) is 0.938. The summed E-state index contributed by atoms with van der Waals surface area (Å²) in [5.74, 6) is -2.82. The number of rotatable bonds is 10. The van der Waals surface area contributed by atoms with Crippen molar-refractivity contribution in [3.63, 3.8) is 0 Å².